The number of benzene rings is 1. The molecule has 0 bridgehead atoms. The molecule has 2 aliphatic carbocycles. The van der Waals surface area contributed by atoms with Crippen LogP contribution in [-0.2, 0) is 0 Å². The highest BCUT2D eigenvalue weighted by Gasteiger charge is 2.21. The molecule has 0 radical (unpaired) electrons. The smallest absolute Gasteiger partial charge is 0.0480 e. The van der Waals surface area contributed by atoms with E-state index in [0.717, 1.165) is 11.2 Å². The van der Waals surface area contributed by atoms with E-state index in [9.17, 15) is 0 Å². The van der Waals surface area contributed by atoms with Gasteiger partial charge in [0.25, 0.3) is 0 Å². The zero-order valence-electron chi connectivity index (χ0n) is 12.6. The number of anilines is 1. The normalized spacial score (nSPS) is 27.6. The summed E-state index contributed by atoms with van der Waals surface area (Å²) in [6.07, 6.45) is 11.1. The summed E-state index contributed by atoms with van der Waals surface area (Å²) < 4.78 is 0. The van der Waals surface area contributed by atoms with Crippen molar-refractivity contribution in [3.8, 4) is 0 Å². The summed E-state index contributed by atoms with van der Waals surface area (Å²) in [6.45, 7) is 2.40. The minimum atomic E-state index is 0.684. The van der Waals surface area contributed by atoms with E-state index in [-0.39, 0.29) is 0 Å². The number of nitrogens with one attached hydrogen (secondary N) is 1. The van der Waals surface area contributed by atoms with Gasteiger partial charge in [0.05, 0.1) is 0 Å². The maximum atomic E-state index is 3.83. The van der Waals surface area contributed by atoms with E-state index in [0.29, 0.717) is 6.04 Å². The highest BCUT2D eigenvalue weighted by atomic mass is 32.2. The van der Waals surface area contributed by atoms with Crippen LogP contribution in [0.5, 0.6) is 0 Å². The summed E-state index contributed by atoms with van der Waals surface area (Å²) in [6, 6.07) is 9.62. The Hall–Kier alpha value is -0.630. The Kier molecular flexibility index (Phi) is 4.93. The molecule has 0 heterocycles. The van der Waals surface area contributed by atoms with E-state index in [4.69, 9.17) is 0 Å². The Morgan fingerprint density at radius 3 is 2.60 bits per heavy atom. The van der Waals surface area contributed by atoms with Crippen molar-refractivity contribution in [3.05, 3.63) is 24.3 Å². The number of para-hydroxylation sites is 1. The van der Waals surface area contributed by atoms with Gasteiger partial charge in [-0.25, -0.2) is 0 Å². The van der Waals surface area contributed by atoms with E-state index in [1.54, 1.807) is 0 Å². The fraction of sp³-hybridized carbons (Fsp3) is 0.667. The Labute approximate surface area is 127 Å². The molecular formula is C18H27NS. The summed E-state index contributed by atoms with van der Waals surface area (Å²) in [5.74, 6) is 0.885. The van der Waals surface area contributed by atoms with Crippen LogP contribution in [0.15, 0.2) is 29.2 Å². The lowest BCUT2D eigenvalue weighted by atomic mass is 9.87. The third-order valence-corrected chi connectivity index (χ3v) is 6.19. The zero-order chi connectivity index (χ0) is 13.8. The molecule has 2 heteroatoms. The molecule has 2 saturated carbocycles. The third-order valence-electron chi connectivity index (χ3n) is 4.78. The molecule has 3 rings (SSSR count). The summed E-state index contributed by atoms with van der Waals surface area (Å²) in [5.41, 5.74) is 1.38. The second kappa shape index (κ2) is 6.89. The molecule has 1 nitrogen and oxygen atoms in total. The molecule has 1 aromatic carbocycles. The van der Waals surface area contributed by atoms with Gasteiger partial charge in [0.2, 0.25) is 0 Å². The lowest BCUT2D eigenvalue weighted by Gasteiger charge is -2.29. The van der Waals surface area contributed by atoms with Crippen molar-refractivity contribution in [3.63, 3.8) is 0 Å². The van der Waals surface area contributed by atoms with Gasteiger partial charge in [-0.2, -0.15) is 0 Å². The van der Waals surface area contributed by atoms with E-state index >= 15 is 0 Å². The molecule has 0 saturated heterocycles. The highest BCUT2D eigenvalue weighted by Crippen LogP contribution is 2.39. The van der Waals surface area contributed by atoms with Crippen LogP contribution in [0.2, 0.25) is 0 Å². The molecule has 20 heavy (non-hydrogen) atoms. The van der Waals surface area contributed by atoms with Gasteiger partial charge < -0.3 is 5.32 Å². The van der Waals surface area contributed by atoms with Crippen molar-refractivity contribution < 1.29 is 0 Å². The number of hydrogen-bond acceptors (Lipinski definition) is 2. The standard InChI is InChI=1S/C18H27NS/c1-14-7-6-8-15(13-14)19-17-11-4-5-12-18(17)20-16-9-2-3-10-16/h4-5,11-12,14-16,19H,2-3,6-10,13H2,1H3. The molecule has 2 fully saturated rings. The second-order valence-electron chi connectivity index (χ2n) is 6.63. The molecule has 0 aromatic heterocycles. The molecule has 0 spiro atoms. The van der Waals surface area contributed by atoms with Gasteiger partial charge >= 0.3 is 0 Å². The van der Waals surface area contributed by atoms with Crippen molar-refractivity contribution in [2.24, 2.45) is 5.92 Å². The van der Waals surface area contributed by atoms with Crippen LogP contribution in [0, 0.1) is 5.92 Å². The Morgan fingerprint density at radius 1 is 1.00 bits per heavy atom. The summed E-state index contributed by atoms with van der Waals surface area (Å²) in [5, 5.41) is 4.68. The van der Waals surface area contributed by atoms with Gasteiger partial charge in [0.1, 0.15) is 0 Å². The molecule has 110 valence electrons. The van der Waals surface area contributed by atoms with Gasteiger partial charge in [0, 0.05) is 21.9 Å². The number of hydrogen-bond donors (Lipinski definition) is 1. The molecule has 0 amide bonds. The van der Waals surface area contributed by atoms with Crippen LogP contribution in [0.4, 0.5) is 5.69 Å². The van der Waals surface area contributed by atoms with E-state index in [2.05, 4.69) is 48.3 Å². The van der Waals surface area contributed by atoms with Crippen LogP contribution >= 0.6 is 11.8 Å². The first-order chi connectivity index (χ1) is 9.81. The molecule has 2 aliphatic rings. The molecule has 0 aliphatic heterocycles. The van der Waals surface area contributed by atoms with Crippen LogP contribution in [0.25, 0.3) is 0 Å². The van der Waals surface area contributed by atoms with Gasteiger partial charge in [-0.05, 0) is 43.7 Å². The number of thioether (sulfide) groups is 1. The lowest BCUT2D eigenvalue weighted by molar-refractivity contribution is 0.358. The minimum Gasteiger partial charge on any atom is -0.381 e. The molecule has 1 N–H and O–H groups in total. The average molecular weight is 289 g/mol. The summed E-state index contributed by atoms with van der Waals surface area (Å²) in [7, 11) is 0. The van der Waals surface area contributed by atoms with Crippen LogP contribution in [-0.4, -0.2) is 11.3 Å². The van der Waals surface area contributed by atoms with Gasteiger partial charge in [-0.15, -0.1) is 11.8 Å². The van der Waals surface area contributed by atoms with E-state index in [1.807, 2.05) is 0 Å². The van der Waals surface area contributed by atoms with E-state index < -0.39 is 0 Å². The quantitative estimate of drug-likeness (QED) is 0.761. The third kappa shape index (κ3) is 3.72. The first-order valence-electron chi connectivity index (χ1n) is 8.33. The van der Waals surface area contributed by atoms with Crippen molar-refractivity contribution >= 4 is 17.4 Å². The number of rotatable bonds is 4. The largest absolute Gasteiger partial charge is 0.381 e. The van der Waals surface area contributed by atoms with Crippen LogP contribution in [0.3, 0.4) is 0 Å². The maximum absolute atomic E-state index is 3.83. The molecule has 2 atom stereocenters. The zero-order valence-corrected chi connectivity index (χ0v) is 13.4. The topological polar surface area (TPSA) is 12.0 Å². The first kappa shape index (κ1) is 14.3. The van der Waals surface area contributed by atoms with Crippen molar-refractivity contribution in [2.45, 2.75) is 74.5 Å². The minimum absolute atomic E-state index is 0.684. The van der Waals surface area contributed by atoms with Crippen molar-refractivity contribution in [1.29, 1.82) is 0 Å². The van der Waals surface area contributed by atoms with Crippen molar-refractivity contribution in [2.75, 3.05) is 5.32 Å². The van der Waals surface area contributed by atoms with Crippen LogP contribution < -0.4 is 5.32 Å². The Balaban J connectivity index is 1.65. The van der Waals surface area contributed by atoms with Gasteiger partial charge in [-0.3, -0.25) is 0 Å². The average Bonchev–Trinajstić information content (AvgIpc) is 2.94. The predicted molar refractivity (Wildman–Crippen MR) is 89.6 cm³/mol. The Morgan fingerprint density at radius 2 is 1.80 bits per heavy atom. The molecule has 1 aromatic rings. The molecule has 2 unspecified atom stereocenters. The predicted octanol–water partition coefficient (Wildman–Crippen LogP) is 5.71. The van der Waals surface area contributed by atoms with Gasteiger partial charge in [0.15, 0.2) is 0 Å². The maximum Gasteiger partial charge on any atom is 0.0480 e. The van der Waals surface area contributed by atoms with Crippen LogP contribution in [0.1, 0.15) is 58.3 Å². The first-order valence-corrected chi connectivity index (χ1v) is 9.21. The monoisotopic (exact) mass is 289 g/mol. The fourth-order valence-corrected chi connectivity index (χ4v) is 5.00. The molecular weight excluding hydrogens is 262 g/mol. The SMILES string of the molecule is CC1CCCC(Nc2ccccc2SC2CCCC2)C1. The van der Waals surface area contributed by atoms with Crippen molar-refractivity contribution in [1.82, 2.24) is 0 Å². The summed E-state index contributed by atoms with van der Waals surface area (Å²) >= 11 is 2.10. The fourth-order valence-electron chi connectivity index (χ4n) is 3.66. The lowest BCUT2D eigenvalue weighted by Crippen LogP contribution is -2.26. The highest BCUT2D eigenvalue weighted by molar-refractivity contribution is 8.00. The van der Waals surface area contributed by atoms with Gasteiger partial charge in [-0.1, -0.05) is 44.7 Å². The summed E-state index contributed by atoms with van der Waals surface area (Å²) in [4.78, 5) is 1.47. The van der Waals surface area contributed by atoms with E-state index in [1.165, 1.54) is 61.9 Å². The Bertz CT molecular complexity index is 425. The second-order valence-corrected chi connectivity index (χ2v) is 7.98.